The van der Waals surface area contributed by atoms with Gasteiger partial charge in [-0.1, -0.05) is 44.2 Å². The molecule has 0 bridgehead atoms. The van der Waals surface area contributed by atoms with E-state index in [4.69, 9.17) is 4.74 Å². The topological polar surface area (TPSA) is 50.4 Å². The van der Waals surface area contributed by atoms with Gasteiger partial charge in [0.2, 0.25) is 5.91 Å². The van der Waals surface area contributed by atoms with Crippen LogP contribution in [-0.4, -0.2) is 18.6 Å². The van der Waals surface area contributed by atoms with Gasteiger partial charge >= 0.3 is 0 Å². The molecule has 1 atom stereocenters. The van der Waals surface area contributed by atoms with E-state index < -0.39 is 0 Å². The molecule has 0 aromatic heterocycles. The summed E-state index contributed by atoms with van der Waals surface area (Å²) in [5.41, 5.74) is 3.28. The van der Waals surface area contributed by atoms with Gasteiger partial charge < -0.3 is 15.4 Å². The van der Waals surface area contributed by atoms with Crippen molar-refractivity contribution in [1.29, 1.82) is 0 Å². The number of anilines is 1. The third-order valence-electron chi connectivity index (χ3n) is 4.08. The Labute approximate surface area is 143 Å². The molecular weight excluding hydrogens is 300 g/mol. The number of fused-ring (bicyclic) bond motifs is 1. The summed E-state index contributed by atoms with van der Waals surface area (Å²) in [7, 11) is 0. The molecule has 126 valence electrons. The van der Waals surface area contributed by atoms with Gasteiger partial charge in [-0.3, -0.25) is 4.79 Å². The minimum atomic E-state index is -0.208. The minimum Gasteiger partial charge on any atom is -0.493 e. The van der Waals surface area contributed by atoms with Crippen LogP contribution in [0.2, 0.25) is 0 Å². The Balaban J connectivity index is 1.62. The summed E-state index contributed by atoms with van der Waals surface area (Å²) < 4.78 is 5.71. The summed E-state index contributed by atoms with van der Waals surface area (Å²) in [4.78, 5) is 12.5. The van der Waals surface area contributed by atoms with E-state index in [-0.39, 0.29) is 11.9 Å². The van der Waals surface area contributed by atoms with Crippen molar-refractivity contribution in [3.8, 4) is 5.75 Å². The van der Waals surface area contributed by atoms with Gasteiger partial charge in [0.15, 0.2) is 0 Å². The van der Waals surface area contributed by atoms with E-state index in [2.05, 4.69) is 36.6 Å². The Bertz CT molecular complexity index is 712. The molecule has 4 nitrogen and oxygen atoms in total. The van der Waals surface area contributed by atoms with Crippen LogP contribution in [0.15, 0.2) is 48.5 Å². The van der Waals surface area contributed by atoms with E-state index in [0.29, 0.717) is 18.9 Å². The largest absolute Gasteiger partial charge is 0.493 e. The highest BCUT2D eigenvalue weighted by Crippen LogP contribution is 2.20. The average molecular weight is 324 g/mol. The summed E-state index contributed by atoms with van der Waals surface area (Å²) in [5.74, 6) is 1.24. The van der Waals surface area contributed by atoms with E-state index >= 15 is 0 Å². The summed E-state index contributed by atoms with van der Waals surface area (Å²) in [6, 6.07) is 15.6. The summed E-state index contributed by atoms with van der Waals surface area (Å²) >= 11 is 0. The molecule has 24 heavy (non-hydrogen) atoms. The maximum Gasteiger partial charge on any atom is 0.241 e. The Hall–Kier alpha value is -2.33. The molecule has 1 amide bonds. The van der Waals surface area contributed by atoms with Crippen molar-refractivity contribution in [3.63, 3.8) is 0 Å². The number of hydrogen-bond acceptors (Lipinski definition) is 3. The SMILES string of the molecule is CC(C)COc1cccc(NC(=O)C2Cc3ccccc3CN2)c1. The summed E-state index contributed by atoms with van der Waals surface area (Å²) in [6.07, 6.45) is 0.714. The molecule has 1 heterocycles. The molecule has 1 aliphatic rings. The maximum atomic E-state index is 12.5. The van der Waals surface area contributed by atoms with Gasteiger partial charge in [0.25, 0.3) is 0 Å². The molecule has 0 aliphatic carbocycles. The second-order valence-electron chi connectivity index (χ2n) is 6.63. The molecule has 0 fully saturated rings. The lowest BCUT2D eigenvalue weighted by atomic mass is 9.95. The molecule has 0 saturated carbocycles. The van der Waals surface area contributed by atoms with Gasteiger partial charge in [-0.2, -0.15) is 0 Å². The van der Waals surface area contributed by atoms with E-state index in [1.807, 2.05) is 36.4 Å². The lowest BCUT2D eigenvalue weighted by Gasteiger charge is -2.25. The number of hydrogen-bond donors (Lipinski definition) is 2. The molecule has 3 rings (SSSR count). The number of carbonyl (C=O) groups is 1. The van der Waals surface area contributed by atoms with Crippen molar-refractivity contribution in [2.45, 2.75) is 32.9 Å². The second kappa shape index (κ2) is 7.49. The highest BCUT2D eigenvalue weighted by atomic mass is 16.5. The third-order valence-corrected chi connectivity index (χ3v) is 4.08. The van der Waals surface area contributed by atoms with Gasteiger partial charge in [-0.15, -0.1) is 0 Å². The molecule has 2 aromatic carbocycles. The number of carbonyl (C=O) groups excluding carboxylic acids is 1. The van der Waals surface area contributed by atoms with Crippen molar-refractivity contribution in [2.75, 3.05) is 11.9 Å². The number of benzene rings is 2. The normalized spacial score (nSPS) is 16.5. The molecule has 0 spiro atoms. The van der Waals surface area contributed by atoms with Crippen LogP contribution in [-0.2, 0) is 17.8 Å². The molecule has 1 aliphatic heterocycles. The fourth-order valence-electron chi connectivity index (χ4n) is 2.80. The van der Waals surface area contributed by atoms with Crippen LogP contribution >= 0.6 is 0 Å². The lowest BCUT2D eigenvalue weighted by molar-refractivity contribution is -0.118. The highest BCUT2D eigenvalue weighted by Gasteiger charge is 2.23. The molecule has 4 heteroatoms. The minimum absolute atomic E-state index is 0.00878. The van der Waals surface area contributed by atoms with Crippen molar-refractivity contribution in [3.05, 3.63) is 59.7 Å². The van der Waals surface area contributed by atoms with Crippen LogP contribution in [0, 0.1) is 5.92 Å². The number of rotatable bonds is 5. The fourth-order valence-corrected chi connectivity index (χ4v) is 2.80. The van der Waals surface area contributed by atoms with Crippen molar-refractivity contribution in [2.24, 2.45) is 5.92 Å². The molecular formula is C20H24N2O2. The third kappa shape index (κ3) is 4.15. The second-order valence-corrected chi connectivity index (χ2v) is 6.63. The van der Waals surface area contributed by atoms with E-state index in [9.17, 15) is 4.79 Å². The summed E-state index contributed by atoms with van der Waals surface area (Å²) in [5, 5.41) is 6.30. The molecule has 0 radical (unpaired) electrons. The molecule has 0 saturated heterocycles. The first kappa shape index (κ1) is 16.5. The van der Waals surface area contributed by atoms with Crippen LogP contribution in [0.5, 0.6) is 5.75 Å². The van der Waals surface area contributed by atoms with E-state index in [1.54, 1.807) is 0 Å². The zero-order valence-electron chi connectivity index (χ0n) is 14.2. The standard InChI is InChI=1S/C20H24N2O2/c1-14(2)13-24-18-9-5-8-17(11-18)22-20(23)19-10-15-6-3-4-7-16(15)12-21-19/h3-9,11,14,19,21H,10,12-13H2,1-2H3,(H,22,23). The van der Waals surface area contributed by atoms with Crippen LogP contribution in [0.25, 0.3) is 0 Å². The first-order valence-corrected chi connectivity index (χ1v) is 8.45. The average Bonchev–Trinajstić information content (AvgIpc) is 2.60. The van der Waals surface area contributed by atoms with Crippen LogP contribution in [0.3, 0.4) is 0 Å². The van der Waals surface area contributed by atoms with Gasteiger partial charge in [0, 0.05) is 18.3 Å². The first-order chi connectivity index (χ1) is 11.6. The van der Waals surface area contributed by atoms with E-state index in [0.717, 1.165) is 18.0 Å². The van der Waals surface area contributed by atoms with Crippen LogP contribution < -0.4 is 15.4 Å². The summed E-state index contributed by atoms with van der Waals surface area (Å²) in [6.45, 7) is 5.61. The smallest absolute Gasteiger partial charge is 0.241 e. The number of nitrogens with one attached hydrogen (secondary N) is 2. The number of ether oxygens (including phenoxy) is 1. The zero-order chi connectivity index (χ0) is 16.9. The molecule has 2 N–H and O–H groups in total. The van der Waals surface area contributed by atoms with Crippen molar-refractivity contribution < 1.29 is 9.53 Å². The van der Waals surface area contributed by atoms with E-state index in [1.165, 1.54) is 11.1 Å². The molecule has 2 aromatic rings. The van der Waals surface area contributed by atoms with Gasteiger partial charge in [0.1, 0.15) is 5.75 Å². The van der Waals surface area contributed by atoms with Gasteiger partial charge in [-0.25, -0.2) is 0 Å². The maximum absolute atomic E-state index is 12.5. The Kier molecular flexibility index (Phi) is 5.16. The van der Waals surface area contributed by atoms with Crippen molar-refractivity contribution in [1.82, 2.24) is 5.32 Å². The van der Waals surface area contributed by atoms with Crippen LogP contribution in [0.4, 0.5) is 5.69 Å². The quantitative estimate of drug-likeness (QED) is 0.886. The Morgan fingerprint density at radius 1 is 1.21 bits per heavy atom. The van der Waals surface area contributed by atoms with Crippen molar-refractivity contribution >= 4 is 11.6 Å². The predicted molar refractivity (Wildman–Crippen MR) is 96.2 cm³/mol. The molecule has 1 unspecified atom stereocenters. The zero-order valence-corrected chi connectivity index (χ0v) is 14.2. The Morgan fingerprint density at radius 2 is 2.00 bits per heavy atom. The monoisotopic (exact) mass is 324 g/mol. The fraction of sp³-hybridized carbons (Fsp3) is 0.350. The highest BCUT2D eigenvalue weighted by molar-refractivity contribution is 5.95. The first-order valence-electron chi connectivity index (χ1n) is 8.45. The predicted octanol–water partition coefficient (Wildman–Crippen LogP) is 3.37. The van der Waals surface area contributed by atoms with Gasteiger partial charge in [0.05, 0.1) is 12.6 Å². The Morgan fingerprint density at radius 3 is 2.79 bits per heavy atom. The van der Waals surface area contributed by atoms with Gasteiger partial charge in [-0.05, 0) is 35.6 Å². The lowest BCUT2D eigenvalue weighted by Crippen LogP contribution is -2.44. The number of amides is 1. The van der Waals surface area contributed by atoms with Crippen LogP contribution in [0.1, 0.15) is 25.0 Å².